The first-order valence-electron chi connectivity index (χ1n) is 10.7. The predicted molar refractivity (Wildman–Crippen MR) is 119 cm³/mol. The molecule has 1 aromatic carbocycles. The molecule has 7 nitrogen and oxygen atoms in total. The van der Waals surface area contributed by atoms with E-state index in [9.17, 15) is 4.79 Å². The van der Waals surface area contributed by atoms with Crippen molar-refractivity contribution >= 4 is 5.91 Å². The lowest BCUT2D eigenvalue weighted by Gasteiger charge is -2.35. The van der Waals surface area contributed by atoms with Crippen molar-refractivity contribution in [1.29, 1.82) is 0 Å². The van der Waals surface area contributed by atoms with Crippen molar-refractivity contribution in [3.8, 4) is 5.82 Å². The van der Waals surface area contributed by atoms with Gasteiger partial charge >= 0.3 is 0 Å². The molecule has 162 valence electrons. The third-order valence-corrected chi connectivity index (χ3v) is 5.45. The van der Waals surface area contributed by atoms with Gasteiger partial charge in [-0.1, -0.05) is 12.1 Å². The molecule has 1 amide bonds. The lowest BCUT2D eigenvalue weighted by molar-refractivity contribution is -0.0704. The number of ether oxygens (including phenoxy) is 1. The van der Waals surface area contributed by atoms with Crippen molar-refractivity contribution in [3.05, 3.63) is 77.5 Å². The quantitative estimate of drug-likeness (QED) is 0.665. The fourth-order valence-electron chi connectivity index (χ4n) is 4.04. The van der Waals surface area contributed by atoms with Crippen LogP contribution in [0.5, 0.6) is 0 Å². The van der Waals surface area contributed by atoms with Gasteiger partial charge in [-0.2, -0.15) is 0 Å². The number of aryl methyl sites for hydroxylation is 1. The molecule has 4 rings (SSSR count). The van der Waals surface area contributed by atoms with E-state index < -0.39 is 0 Å². The second kappa shape index (κ2) is 9.41. The number of amides is 1. The topological polar surface area (TPSA) is 72.3 Å². The number of aromatic nitrogens is 3. The van der Waals surface area contributed by atoms with Crippen molar-refractivity contribution < 1.29 is 9.53 Å². The third kappa shape index (κ3) is 5.37. The number of carbonyl (C=O) groups is 1. The molecule has 1 aliphatic rings. The Bertz CT molecular complexity index is 1020. The molecule has 0 bridgehead atoms. The highest BCUT2D eigenvalue weighted by Crippen LogP contribution is 2.15. The first kappa shape index (κ1) is 21.2. The zero-order chi connectivity index (χ0) is 21.8. The molecule has 1 saturated heterocycles. The zero-order valence-electron chi connectivity index (χ0n) is 18.3. The number of carbonyl (C=O) groups excluding carboxylic acids is 1. The van der Waals surface area contributed by atoms with Crippen LogP contribution in [0, 0.1) is 6.92 Å². The molecule has 0 unspecified atom stereocenters. The van der Waals surface area contributed by atoms with Crippen LogP contribution in [0.2, 0.25) is 0 Å². The highest BCUT2D eigenvalue weighted by molar-refractivity contribution is 5.94. The number of nitrogens with one attached hydrogen (secondary N) is 1. The number of rotatable bonds is 6. The number of benzene rings is 1. The number of imidazole rings is 1. The highest BCUT2D eigenvalue weighted by Gasteiger charge is 2.22. The summed E-state index contributed by atoms with van der Waals surface area (Å²) in [6, 6.07) is 11.7. The first-order chi connectivity index (χ1) is 15.0. The molecule has 1 fully saturated rings. The molecule has 3 heterocycles. The van der Waals surface area contributed by atoms with Gasteiger partial charge in [-0.05, 0) is 56.2 Å². The second-order valence-electron chi connectivity index (χ2n) is 8.20. The van der Waals surface area contributed by atoms with E-state index in [4.69, 9.17) is 4.74 Å². The predicted octanol–water partition coefficient (Wildman–Crippen LogP) is 3.11. The minimum Gasteiger partial charge on any atom is -0.373 e. The summed E-state index contributed by atoms with van der Waals surface area (Å²) >= 11 is 0. The Kier molecular flexibility index (Phi) is 6.44. The van der Waals surface area contributed by atoms with Gasteiger partial charge in [0.2, 0.25) is 0 Å². The Morgan fingerprint density at radius 2 is 1.81 bits per heavy atom. The Morgan fingerprint density at radius 1 is 1.06 bits per heavy atom. The van der Waals surface area contributed by atoms with Gasteiger partial charge < -0.3 is 10.1 Å². The van der Waals surface area contributed by atoms with E-state index in [2.05, 4.69) is 34.0 Å². The molecule has 7 heteroatoms. The van der Waals surface area contributed by atoms with Gasteiger partial charge in [-0.15, -0.1) is 0 Å². The van der Waals surface area contributed by atoms with Crippen LogP contribution in [0.25, 0.3) is 5.82 Å². The summed E-state index contributed by atoms with van der Waals surface area (Å²) in [6.07, 6.45) is 5.87. The Morgan fingerprint density at radius 3 is 2.48 bits per heavy atom. The molecular weight excluding hydrogens is 390 g/mol. The van der Waals surface area contributed by atoms with Crippen LogP contribution < -0.4 is 5.32 Å². The molecule has 2 aromatic heterocycles. The SMILES string of the molecule is Cc1nccn1-c1cc(CNC(=O)c2ccc(CN3C[C@@H](C)O[C@@H](C)C3)cc2)ccn1. The van der Waals surface area contributed by atoms with Crippen LogP contribution in [0.1, 0.15) is 41.2 Å². The van der Waals surface area contributed by atoms with Crippen LogP contribution in [-0.2, 0) is 17.8 Å². The molecular formula is C24H29N5O2. The van der Waals surface area contributed by atoms with Crippen molar-refractivity contribution in [2.24, 2.45) is 0 Å². The number of hydrogen-bond acceptors (Lipinski definition) is 5. The molecule has 1 aliphatic heterocycles. The normalized spacial score (nSPS) is 19.3. The Balaban J connectivity index is 1.33. The zero-order valence-corrected chi connectivity index (χ0v) is 18.3. The first-order valence-corrected chi connectivity index (χ1v) is 10.7. The van der Waals surface area contributed by atoms with Crippen molar-refractivity contribution in [2.75, 3.05) is 13.1 Å². The van der Waals surface area contributed by atoms with Gasteiger partial charge in [0.15, 0.2) is 0 Å². The molecule has 0 spiro atoms. The molecule has 31 heavy (non-hydrogen) atoms. The molecule has 3 aromatic rings. The number of nitrogens with zero attached hydrogens (tertiary/aromatic N) is 4. The largest absolute Gasteiger partial charge is 0.373 e. The van der Waals surface area contributed by atoms with E-state index in [0.717, 1.165) is 36.8 Å². The smallest absolute Gasteiger partial charge is 0.251 e. The summed E-state index contributed by atoms with van der Waals surface area (Å²) in [4.78, 5) is 23.6. The van der Waals surface area contributed by atoms with Gasteiger partial charge in [0.05, 0.1) is 12.2 Å². The van der Waals surface area contributed by atoms with Crippen LogP contribution in [-0.4, -0.2) is 50.6 Å². The summed E-state index contributed by atoms with van der Waals surface area (Å²) in [6.45, 7) is 9.32. The summed E-state index contributed by atoms with van der Waals surface area (Å²) < 4.78 is 7.72. The summed E-state index contributed by atoms with van der Waals surface area (Å²) in [5.41, 5.74) is 2.85. The average Bonchev–Trinajstić information content (AvgIpc) is 3.18. The summed E-state index contributed by atoms with van der Waals surface area (Å²) in [7, 11) is 0. The minimum absolute atomic E-state index is 0.0858. The number of hydrogen-bond donors (Lipinski definition) is 1. The molecule has 2 atom stereocenters. The van der Waals surface area contributed by atoms with Crippen LogP contribution >= 0.6 is 0 Å². The molecule has 1 N–H and O–H groups in total. The van der Waals surface area contributed by atoms with Crippen molar-refractivity contribution in [1.82, 2.24) is 24.8 Å². The maximum atomic E-state index is 12.6. The maximum Gasteiger partial charge on any atom is 0.251 e. The molecule has 0 saturated carbocycles. The average molecular weight is 420 g/mol. The van der Waals surface area contributed by atoms with Crippen LogP contribution in [0.15, 0.2) is 55.0 Å². The minimum atomic E-state index is -0.0858. The Hall–Kier alpha value is -3.03. The monoisotopic (exact) mass is 419 g/mol. The van der Waals surface area contributed by atoms with Gasteiger partial charge in [0.25, 0.3) is 5.91 Å². The van der Waals surface area contributed by atoms with Gasteiger partial charge in [0.1, 0.15) is 11.6 Å². The lowest BCUT2D eigenvalue weighted by Crippen LogP contribution is -2.44. The van der Waals surface area contributed by atoms with E-state index in [1.807, 2.05) is 54.1 Å². The maximum absolute atomic E-state index is 12.6. The van der Waals surface area contributed by atoms with Crippen LogP contribution in [0.4, 0.5) is 0 Å². The number of morpholine rings is 1. The van der Waals surface area contributed by atoms with E-state index in [1.165, 1.54) is 5.56 Å². The van der Waals surface area contributed by atoms with E-state index in [1.54, 1.807) is 12.4 Å². The summed E-state index contributed by atoms with van der Waals surface area (Å²) in [5.74, 6) is 1.57. The Labute approximate surface area is 183 Å². The molecule has 0 aliphatic carbocycles. The number of pyridine rings is 1. The van der Waals surface area contributed by atoms with E-state index in [-0.39, 0.29) is 18.1 Å². The highest BCUT2D eigenvalue weighted by atomic mass is 16.5. The third-order valence-electron chi connectivity index (χ3n) is 5.45. The van der Waals surface area contributed by atoms with Gasteiger partial charge in [0, 0.05) is 50.3 Å². The van der Waals surface area contributed by atoms with E-state index in [0.29, 0.717) is 12.1 Å². The van der Waals surface area contributed by atoms with Gasteiger partial charge in [-0.25, -0.2) is 9.97 Å². The standard InChI is InChI=1S/C24H29N5O2/c1-17-14-28(15-18(2)31-17)16-20-4-6-22(7-5-20)24(30)27-13-21-8-9-26-23(12-21)29-11-10-25-19(29)3/h4-12,17-18H,13-16H2,1-3H3,(H,27,30)/t17-,18+. The summed E-state index contributed by atoms with van der Waals surface area (Å²) in [5, 5.41) is 3.00. The van der Waals surface area contributed by atoms with Crippen molar-refractivity contribution in [2.45, 2.75) is 46.1 Å². The molecule has 0 radical (unpaired) electrons. The van der Waals surface area contributed by atoms with Crippen LogP contribution in [0.3, 0.4) is 0 Å². The van der Waals surface area contributed by atoms with E-state index >= 15 is 0 Å². The van der Waals surface area contributed by atoms with Crippen molar-refractivity contribution in [3.63, 3.8) is 0 Å². The second-order valence-corrected chi connectivity index (χ2v) is 8.20. The fourth-order valence-corrected chi connectivity index (χ4v) is 4.04. The van der Waals surface area contributed by atoms with Gasteiger partial charge in [-0.3, -0.25) is 14.3 Å². The fraction of sp³-hybridized carbons (Fsp3) is 0.375. The lowest BCUT2D eigenvalue weighted by atomic mass is 10.1.